The van der Waals surface area contributed by atoms with Crippen LogP contribution in [0, 0.1) is 0 Å². The van der Waals surface area contributed by atoms with Crippen molar-refractivity contribution >= 4 is 51.7 Å². The lowest BCUT2D eigenvalue weighted by Gasteiger charge is -2.09. The summed E-state index contributed by atoms with van der Waals surface area (Å²) in [5, 5.41) is 14.2. The highest BCUT2D eigenvalue weighted by molar-refractivity contribution is 8.15. The number of carbonyl (C=O) groups excluding carboxylic acids is 2. The number of nitrogens with zero attached hydrogens (tertiary/aromatic N) is 2. The Hall–Kier alpha value is -2.84. The van der Waals surface area contributed by atoms with Crippen molar-refractivity contribution in [2.24, 2.45) is 10.2 Å². The van der Waals surface area contributed by atoms with Crippen LogP contribution in [0.1, 0.15) is 25.8 Å². The molecule has 1 saturated heterocycles. The molecule has 30 heavy (non-hydrogen) atoms. The molecule has 7 nitrogen and oxygen atoms in total. The number of carbonyl (C=O) groups is 2. The molecule has 0 radical (unpaired) electrons. The summed E-state index contributed by atoms with van der Waals surface area (Å²) in [5.74, 6) is 0.140. The van der Waals surface area contributed by atoms with Gasteiger partial charge in [-0.15, -0.1) is 5.10 Å². The number of hydrogen-bond acceptors (Lipinski definition) is 6. The Morgan fingerprint density at radius 1 is 1.27 bits per heavy atom. The molecule has 1 unspecified atom stereocenters. The summed E-state index contributed by atoms with van der Waals surface area (Å²) in [6.45, 7) is 4.25. The lowest BCUT2D eigenvalue weighted by molar-refractivity contribution is -0.122. The van der Waals surface area contributed by atoms with Crippen molar-refractivity contribution in [2.75, 3.05) is 11.9 Å². The molecule has 0 aromatic heterocycles. The lowest BCUT2D eigenvalue weighted by atomic mass is 10.1. The second-order valence-corrected chi connectivity index (χ2v) is 8.03. The van der Waals surface area contributed by atoms with Crippen LogP contribution in [0.3, 0.4) is 0 Å². The fraction of sp³-hybridized carbons (Fsp3) is 0.238. The van der Waals surface area contributed by atoms with E-state index in [4.69, 9.17) is 16.3 Å². The van der Waals surface area contributed by atoms with E-state index in [0.29, 0.717) is 33.9 Å². The van der Waals surface area contributed by atoms with Gasteiger partial charge in [-0.25, -0.2) is 0 Å². The van der Waals surface area contributed by atoms with Gasteiger partial charge < -0.3 is 15.4 Å². The van der Waals surface area contributed by atoms with Gasteiger partial charge >= 0.3 is 0 Å². The van der Waals surface area contributed by atoms with E-state index < -0.39 is 5.25 Å². The highest BCUT2D eigenvalue weighted by Crippen LogP contribution is 2.24. The summed E-state index contributed by atoms with van der Waals surface area (Å²) in [4.78, 5) is 24.5. The van der Waals surface area contributed by atoms with Crippen LogP contribution in [0.15, 0.2) is 58.7 Å². The van der Waals surface area contributed by atoms with Crippen LogP contribution in [0.4, 0.5) is 5.69 Å². The molecule has 2 N–H and O–H groups in total. The summed E-state index contributed by atoms with van der Waals surface area (Å²) < 4.78 is 5.42. The van der Waals surface area contributed by atoms with Gasteiger partial charge in [0.05, 0.1) is 12.3 Å². The standard InChI is InChI=1S/C21H21ClN4O3S/c1-3-29-17-6-4-5-16(11-17)23-19(27)12-18-20(28)24-21(30-18)26-25-13(2)14-7-9-15(22)10-8-14/h4-11,18H,3,12H2,1-2H3,(H,23,27)(H,24,26,28)/b25-13+. The first-order valence-corrected chi connectivity index (χ1v) is 10.6. The van der Waals surface area contributed by atoms with Crippen molar-refractivity contribution in [1.82, 2.24) is 5.32 Å². The van der Waals surface area contributed by atoms with E-state index in [0.717, 1.165) is 5.56 Å². The highest BCUT2D eigenvalue weighted by Gasteiger charge is 2.32. The van der Waals surface area contributed by atoms with E-state index in [-0.39, 0.29) is 18.2 Å². The topological polar surface area (TPSA) is 92.2 Å². The lowest BCUT2D eigenvalue weighted by Crippen LogP contribution is -2.28. The largest absolute Gasteiger partial charge is 0.494 e. The normalized spacial score (nSPS) is 17.7. The van der Waals surface area contributed by atoms with Crippen molar-refractivity contribution in [1.29, 1.82) is 0 Å². The Bertz CT molecular complexity index is 992. The monoisotopic (exact) mass is 444 g/mol. The SMILES string of the molecule is CCOc1cccc(NC(=O)CC2S/C(=N/N=C(\C)c3ccc(Cl)cc3)NC2=O)c1. The highest BCUT2D eigenvalue weighted by atomic mass is 35.5. The predicted octanol–water partition coefficient (Wildman–Crippen LogP) is 4.08. The van der Waals surface area contributed by atoms with Gasteiger partial charge in [0, 0.05) is 23.2 Å². The maximum absolute atomic E-state index is 12.3. The average Bonchev–Trinajstić information content (AvgIpc) is 3.06. The number of benzene rings is 2. The molecule has 0 spiro atoms. The number of ether oxygens (including phenoxy) is 1. The van der Waals surface area contributed by atoms with Crippen LogP contribution in [0.2, 0.25) is 5.02 Å². The second kappa shape index (κ2) is 10.3. The number of anilines is 1. The number of amidine groups is 1. The van der Waals surface area contributed by atoms with Gasteiger partial charge in [-0.1, -0.05) is 41.6 Å². The molecule has 9 heteroatoms. The third-order valence-electron chi connectivity index (χ3n) is 4.13. The third kappa shape index (κ3) is 6.08. The van der Waals surface area contributed by atoms with E-state index in [2.05, 4.69) is 20.8 Å². The van der Waals surface area contributed by atoms with E-state index in [1.54, 1.807) is 30.3 Å². The van der Waals surface area contributed by atoms with Crippen LogP contribution in [0.5, 0.6) is 5.75 Å². The maximum atomic E-state index is 12.3. The number of amides is 2. The van der Waals surface area contributed by atoms with Crippen molar-refractivity contribution in [2.45, 2.75) is 25.5 Å². The van der Waals surface area contributed by atoms with Crippen molar-refractivity contribution in [3.05, 3.63) is 59.1 Å². The number of hydrogen-bond donors (Lipinski definition) is 2. The Morgan fingerprint density at radius 2 is 2.03 bits per heavy atom. The first kappa shape index (κ1) is 21.9. The van der Waals surface area contributed by atoms with Gasteiger partial charge in [0.2, 0.25) is 11.8 Å². The van der Waals surface area contributed by atoms with E-state index in [1.807, 2.05) is 32.0 Å². The fourth-order valence-corrected chi connectivity index (χ4v) is 3.71. The molecule has 0 bridgehead atoms. The molecular formula is C21H21ClN4O3S. The zero-order chi connectivity index (χ0) is 21.5. The number of thioether (sulfide) groups is 1. The minimum absolute atomic E-state index is 0.0221. The molecule has 0 aliphatic carbocycles. The average molecular weight is 445 g/mol. The van der Waals surface area contributed by atoms with Gasteiger partial charge in [0.1, 0.15) is 11.0 Å². The van der Waals surface area contributed by atoms with Crippen LogP contribution in [0.25, 0.3) is 0 Å². The van der Waals surface area contributed by atoms with Crippen LogP contribution in [-0.4, -0.2) is 34.6 Å². The van der Waals surface area contributed by atoms with Crippen LogP contribution >= 0.6 is 23.4 Å². The Morgan fingerprint density at radius 3 is 2.77 bits per heavy atom. The van der Waals surface area contributed by atoms with Crippen molar-refractivity contribution in [3.63, 3.8) is 0 Å². The molecule has 2 aromatic carbocycles. The molecule has 2 amide bonds. The predicted molar refractivity (Wildman–Crippen MR) is 121 cm³/mol. The molecule has 3 rings (SSSR count). The summed E-state index contributed by atoms with van der Waals surface area (Å²) in [5.41, 5.74) is 2.18. The molecule has 1 aliphatic heterocycles. The Labute approximate surface area is 183 Å². The van der Waals surface area contributed by atoms with E-state index >= 15 is 0 Å². The Kier molecular flexibility index (Phi) is 7.48. The van der Waals surface area contributed by atoms with E-state index in [1.165, 1.54) is 11.8 Å². The van der Waals surface area contributed by atoms with Gasteiger partial charge in [-0.05, 0) is 43.7 Å². The Balaban J connectivity index is 1.58. The molecule has 1 aliphatic rings. The molecule has 1 atom stereocenters. The number of nitrogens with one attached hydrogen (secondary N) is 2. The van der Waals surface area contributed by atoms with Crippen LogP contribution in [-0.2, 0) is 9.59 Å². The summed E-state index contributed by atoms with van der Waals surface area (Å²) in [7, 11) is 0. The van der Waals surface area contributed by atoms with Gasteiger partial charge in [0.15, 0.2) is 5.17 Å². The molecular weight excluding hydrogens is 424 g/mol. The van der Waals surface area contributed by atoms with E-state index in [9.17, 15) is 9.59 Å². The minimum atomic E-state index is -0.565. The van der Waals surface area contributed by atoms with Gasteiger partial charge in [0.25, 0.3) is 0 Å². The van der Waals surface area contributed by atoms with Gasteiger partial charge in [-0.3, -0.25) is 9.59 Å². The summed E-state index contributed by atoms with van der Waals surface area (Å²) >= 11 is 7.07. The van der Waals surface area contributed by atoms with Gasteiger partial charge in [-0.2, -0.15) is 5.10 Å². The van der Waals surface area contributed by atoms with Crippen LogP contribution < -0.4 is 15.4 Å². The molecule has 1 heterocycles. The maximum Gasteiger partial charge on any atom is 0.240 e. The third-order valence-corrected chi connectivity index (χ3v) is 5.45. The quantitative estimate of drug-likeness (QED) is 0.497. The zero-order valence-corrected chi connectivity index (χ0v) is 18.1. The molecule has 0 saturated carbocycles. The molecule has 1 fully saturated rings. The second-order valence-electron chi connectivity index (χ2n) is 6.41. The zero-order valence-electron chi connectivity index (χ0n) is 16.5. The smallest absolute Gasteiger partial charge is 0.240 e. The molecule has 156 valence electrons. The van der Waals surface area contributed by atoms with Crippen molar-refractivity contribution in [3.8, 4) is 5.75 Å². The summed E-state index contributed by atoms with van der Waals surface area (Å²) in [6.07, 6.45) is 0.0221. The summed E-state index contributed by atoms with van der Waals surface area (Å²) in [6, 6.07) is 14.3. The first-order chi connectivity index (χ1) is 14.4. The fourth-order valence-electron chi connectivity index (χ4n) is 2.67. The number of rotatable bonds is 7. The number of halogens is 1. The minimum Gasteiger partial charge on any atom is -0.494 e. The molecule has 2 aromatic rings. The van der Waals surface area contributed by atoms with Crippen molar-refractivity contribution < 1.29 is 14.3 Å². The first-order valence-electron chi connectivity index (χ1n) is 9.33.